The number of nitrogens with one attached hydrogen (secondary N) is 2. The number of hydrogen-bond acceptors (Lipinski definition) is 5. The number of thiazole rings is 1. The molecule has 0 fully saturated rings. The third-order valence-corrected chi connectivity index (χ3v) is 3.36. The highest BCUT2D eigenvalue weighted by Crippen LogP contribution is 2.27. The van der Waals surface area contributed by atoms with E-state index in [1.54, 1.807) is 7.05 Å². The minimum atomic E-state index is -0.0178. The molecule has 6 N–H and O–H groups in total. The third-order valence-electron chi connectivity index (χ3n) is 2.28. The van der Waals surface area contributed by atoms with Gasteiger partial charge in [-0.1, -0.05) is 0 Å². The first-order chi connectivity index (χ1) is 9.58. The predicted molar refractivity (Wildman–Crippen MR) is 83.8 cm³/mol. The molecule has 2 aromatic heterocycles. The number of guanidine groups is 1. The Morgan fingerprint density at radius 2 is 2.30 bits per heavy atom. The van der Waals surface area contributed by atoms with Crippen LogP contribution in [0.5, 0.6) is 0 Å². The van der Waals surface area contributed by atoms with Gasteiger partial charge in [-0.2, -0.15) is 4.99 Å². The van der Waals surface area contributed by atoms with E-state index in [2.05, 4.69) is 20.6 Å². The van der Waals surface area contributed by atoms with Crippen molar-refractivity contribution in [2.24, 2.45) is 16.5 Å². The largest absolute Gasteiger partial charge is 0.458 e. The van der Waals surface area contributed by atoms with Crippen molar-refractivity contribution in [1.82, 2.24) is 15.6 Å². The molecule has 0 unspecified atom stereocenters. The van der Waals surface area contributed by atoms with Crippen molar-refractivity contribution in [2.45, 2.75) is 6.54 Å². The molecule has 0 aromatic carbocycles. The monoisotopic (exact) mass is 310 g/mol. The van der Waals surface area contributed by atoms with Crippen LogP contribution in [-0.4, -0.2) is 23.1 Å². The number of aliphatic imine (C=N–C) groups is 1. The maximum Gasteiger partial charge on any atom is 0.212 e. The fourth-order valence-corrected chi connectivity index (χ4v) is 2.17. The zero-order valence-corrected chi connectivity index (χ0v) is 12.3. The second-order valence-corrected chi connectivity index (χ2v) is 5.00. The van der Waals surface area contributed by atoms with Crippen LogP contribution in [0.25, 0.3) is 11.5 Å². The van der Waals surface area contributed by atoms with E-state index in [1.165, 1.54) is 11.3 Å². The molecule has 2 aromatic rings. The molecule has 2 rings (SSSR count). The van der Waals surface area contributed by atoms with E-state index in [-0.39, 0.29) is 5.96 Å². The first-order valence-corrected chi connectivity index (χ1v) is 6.97. The Hall–Kier alpha value is -2.13. The molecule has 0 aliphatic rings. The fourth-order valence-electron chi connectivity index (χ4n) is 1.41. The van der Waals surface area contributed by atoms with Crippen LogP contribution in [0.3, 0.4) is 0 Å². The van der Waals surface area contributed by atoms with Crippen LogP contribution in [0, 0.1) is 0 Å². The summed E-state index contributed by atoms with van der Waals surface area (Å²) in [4.78, 5) is 8.15. The summed E-state index contributed by atoms with van der Waals surface area (Å²) in [7, 11) is 1.75. The minimum absolute atomic E-state index is 0.0178. The molecule has 0 amide bonds. The molecular formula is C11H14N6OS2. The number of rotatable bonds is 4. The Labute approximate surface area is 125 Å². The average molecular weight is 310 g/mol. The van der Waals surface area contributed by atoms with Gasteiger partial charge in [0.05, 0.1) is 6.54 Å². The molecule has 0 spiro atoms. The topological polar surface area (TPSA) is 114 Å². The summed E-state index contributed by atoms with van der Waals surface area (Å²) in [5.41, 5.74) is 11.3. The van der Waals surface area contributed by atoms with Crippen molar-refractivity contribution >= 4 is 39.8 Å². The number of hydrogen-bond donors (Lipinski definition) is 4. The lowest BCUT2D eigenvalue weighted by atomic mass is 10.3. The van der Waals surface area contributed by atoms with E-state index >= 15 is 0 Å². The zero-order chi connectivity index (χ0) is 14.5. The summed E-state index contributed by atoms with van der Waals surface area (Å²) in [6.07, 6.45) is 0. The van der Waals surface area contributed by atoms with Crippen LogP contribution in [0.15, 0.2) is 26.9 Å². The molecule has 0 atom stereocenters. The van der Waals surface area contributed by atoms with E-state index in [4.69, 9.17) is 28.1 Å². The lowest BCUT2D eigenvalue weighted by molar-refractivity contribution is 0.514. The molecule has 9 heteroatoms. The second-order valence-electron chi connectivity index (χ2n) is 3.75. The zero-order valence-electron chi connectivity index (χ0n) is 10.7. The number of thiocarbonyl (C=S) groups is 1. The van der Waals surface area contributed by atoms with Crippen molar-refractivity contribution in [3.8, 4) is 11.5 Å². The van der Waals surface area contributed by atoms with Gasteiger partial charge in [-0.05, 0) is 24.4 Å². The van der Waals surface area contributed by atoms with Gasteiger partial charge in [-0.25, -0.2) is 4.98 Å². The van der Waals surface area contributed by atoms with Crippen LogP contribution in [0.4, 0.5) is 5.13 Å². The van der Waals surface area contributed by atoms with E-state index < -0.39 is 0 Å². The summed E-state index contributed by atoms with van der Waals surface area (Å²) in [6, 6.07) is 3.70. The molecule has 0 bridgehead atoms. The molecule has 0 radical (unpaired) electrons. The Balaban J connectivity index is 2.06. The molecule has 106 valence electrons. The van der Waals surface area contributed by atoms with E-state index in [0.29, 0.717) is 28.2 Å². The maximum absolute atomic E-state index is 5.67. The van der Waals surface area contributed by atoms with Gasteiger partial charge in [0, 0.05) is 12.4 Å². The number of aromatic nitrogens is 1. The highest BCUT2D eigenvalue weighted by atomic mass is 32.1. The van der Waals surface area contributed by atoms with E-state index in [0.717, 1.165) is 5.76 Å². The van der Waals surface area contributed by atoms with E-state index in [9.17, 15) is 0 Å². The molecule has 7 nitrogen and oxygen atoms in total. The van der Waals surface area contributed by atoms with Gasteiger partial charge < -0.3 is 26.5 Å². The van der Waals surface area contributed by atoms with Crippen molar-refractivity contribution < 1.29 is 4.42 Å². The Bertz CT molecular complexity index is 628. The van der Waals surface area contributed by atoms with Crippen LogP contribution in [0.1, 0.15) is 5.76 Å². The number of nitrogens with zero attached hydrogens (tertiary/aromatic N) is 2. The average Bonchev–Trinajstić information content (AvgIpc) is 3.03. The van der Waals surface area contributed by atoms with Gasteiger partial charge in [0.15, 0.2) is 16.8 Å². The summed E-state index contributed by atoms with van der Waals surface area (Å²) in [5.74, 6) is 1.40. The first kappa shape index (κ1) is 14.3. The molecule has 0 aliphatic heterocycles. The molecule has 2 heterocycles. The summed E-state index contributed by atoms with van der Waals surface area (Å²) in [5, 5.41) is 8.71. The van der Waals surface area contributed by atoms with Crippen molar-refractivity contribution in [3.63, 3.8) is 0 Å². The standard InChI is InChI=1S/C11H14N6OS2/c1-14-10(19)15-4-6-2-3-8(18-6)7-5-20-11(16-7)17-9(12)13/h2-3,5H,4H2,1H3,(H2,14,15,19)(H4,12,13,16,17). The summed E-state index contributed by atoms with van der Waals surface area (Å²) < 4.78 is 5.67. The van der Waals surface area contributed by atoms with Crippen LogP contribution >= 0.6 is 23.6 Å². The Kier molecular flexibility index (Phi) is 4.53. The third kappa shape index (κ3) is 3.68. The highest BCUT2D eigenvalue weighted by Gasteiger charge is 2.09. The van der Waals surface area contributed by atoms with Crippen molar-refractivity contribution in [2.75, 3.05) is 7.05 Å². The molecule has 20 heavy (non-hydrogen) atoms. The first-order valence-electron chi connectivity index (χ1n) is 5.68. The van der Waals surface area contributed by atoms with Gasteiger partial charge in [-0.15, -0.1) is 11.3 Å². The number of nitrogens with two attached hydrogens (primary N) is 2. The van der Waals surface area contributed by atoms with Gasteiger partial charge >= 0.3 is 0 Å². The summed E-state index contributed by atoms with van der Waals surface area (Å²) in [6.45, 7) is 0.505. The van der Waals surface area contributed by atoms with Gasteiger partial charge in [0.25, 0.3) is 0 Å². The lowest BCUT2D eigenvalue weighted by Gasteiger charge is -2.03. The van der Waals surface area contributed by atoms with Crippen LogP contribution in [0.2, 0.25) is 0 Å². The van der Waals surface area contributed by atoms with Gasteiger partial charge in [0.1, 0.15) is 11.5 Å². The quantitative estimate of drug-likeness (QED) is 0.377. The lowest BCUT2D eigenvalue weighted by Crippen LogP contribution is -2.31. The highest BCUT2D eigenvalue weighted by molar-refractivity contribution is 7.80. The molecule has 0 aliphatic carbocycles. The van der Waals surface area contributed by atoms with E-state index in [1.807, 2.05) is 17.5 Å². The molecule has 0 saturated carbocycles. The van der Waals surface area contributed by atoms with Crippen LogP contribution in [-0.2, 0) is 6.54 Å². The molecular weight excluding hydrogens is 296 g/mol. The van der Waals surface area contributed by atoms with Crippen LogP contribution < -0.4 is 22.1 Å². The Morgan fingerprint density at radius 1 is 1.50 bits per heavy atom. The minimum Gasteiger partial charge on any atom is -0.458 e. The SMILES string of the molecule is CNC(=S)NCc1ccc(-c2csc(N=C(N)N)n2)o1. The second kappa shape index (κ2) is 6.35. The maximum atomic E-state index is 5.67. The predicted octanol–water partition coefficient (Wildman–Crippen LogP) is 0.902. The van der Waals surface area contributed by atoms with Crippen molar-refractivity contribution in [3.05, 3.63) is 23.3 Å². The van der Waals surface area contributed by atoms with Gasteiger partial charge in [0.2, 0.25) is 5.13 Å². The summed E-state index contributed by atoms with van der Waals surface area (Å²) >= 11 is 6.32. The van der Waals surface area contributed by atoms with Crippen molar-refractivity contribution in [1.29, 1.82) is 0 Å². The number of furan rings is 1. The van der Waals surface area contributed by atoms with Gasteiger partial charge in [-0.3, -0.25) is 0 Å². The smallest absolute Gasteiger partial charge is 0.212 e. The normalized spacial score (nSPS) is 10.1. The Morgan fingerprint density at radius 3 is 3.00 bits per heavy atom. The fraction of sp³-hybridized carbons (Fsp3) is 0.182. The molecule has 0 saturated heterocycles.